The maximum absolute atomic E-state index is 13.1. The van der Waals surface area contributed by atoms with Crippen molar-refractivity contribution in [1.82, 2.24) is 10.6 Å². The van der Waals surface area contributed by atoms with Crippen molar-refractivity contribution < 1.29 is 14.3 Å². The molecular weight excluding hydrogens is 432 g/mol. The second-order valence-corrected chi connectivity index (χ2v) is 8.77. The molecule has 0 saturated heterocycles. The summed E-state index contributed by atoms with van der Waals surface area (Å²) >= 11 is 3.49. The molecular formula is C23H27BrN2O3. The van der Waals surface area contributed by atoms with E-state index in [-0.39, 0.29) is 23.8 Å². The van der Waals surface area contributed by atoms with Gasteiger partial charge in [0, 0.05) is 22.0 Å². The van der Waals surface area contributed by atoms with E-state index in [2.05, 4.69) is 26.6 Å². The molecule has 6 heteroatoms. The van der Waals surface area contributed by atoms with Gasteiger partial charge in [0.2, 0.25) is 5.91 Å². The highest BCUT2D eigenvalue weighted by Crippen LogP contribution is 2.34. The summed E-state index contributed by atoms with van der Waals surface area (Å²) in [6.45, 7) is 6.52. The molecule has 154 valence electrons. The number of hydrogen-bond donors (Lipinski definition) is 2. The van der Waals surface area contributed by atoms with E-state index in [9.17, 15) is 9.59 Å². The van der Waals surface area contributed by atoms with Crippen molar-refractivity contribution in [2.45, 2.75) is 45.7 Å². The third-order valence-corrected chi connectivity index (χ3v) is 5.54. The van der Waals surface area contributed by atoms with Gasteiger partial charge < -0.3 is 15.4 Å². The number of halogens is 1. The Labute approximate surface area is 180 Å². The van der Waals surface area contributed by atoms with E-state index in [0.717, 1.165) is 21.3 Å². The molecule has 2 amide bonds. The smallest absolute Gasteiger partial charge is 0.252 e. The number of rotatable bonds is 6. The Kier molecular flexibility index (Phi) is 6.96. The Morgan fingerprint density at radius 3 is 2.69 bits per heavy atom. The van der Waals surface area contributed by atoms with E-state index in [4.69, 9.17) is 4.74 Å². The van der Waals surface area contributed by atoms with Crippen molar-refractivity contribution in [1.29, 1.82) is 0 Å². The summed E-state index contributed by atoms with van der Waals surface area (Å²) in [7, 11) is 0. The zero-order valence-electron chi connectivity index (χ0n) is 17.0. The van der Waals surface area contributed by atoms with Crippen LogP contribution in [0.4, 0.5) is 0 Å². The van der Waals surface area contributed by atoms with Gasteiger partial charge in [-0.1, -0.05) is 48.0 Å². The predicted octanol–water partition coefficient (Wildman–Crippen LogP) is 4.54. The Balaban J connectivity index is 1.76. The first-order valence-electron chi connectivity index (χ1n) is 9.94. The second-order valence-electron chi connectivity index (χ2n) is 7.85. The van der Waals surface area contributed by atoms with Gasteiger partial charge in [-0.3, -0.25) is 9.59 Å². The molecule has 0 bridgehead atoms. The third-order valence-electron chi connectivity index (χ3n) is 5.05. The monoisotopic (exact) mass is 458 g/mol. The standard InChI is InChI=1S/C23H27BrN2O3/c1-14(2)12-20(26-22(27)17-7-5-4-6-15(17)3)23(28)25-19-10-11-29-21-9-8-16(24)13-18(19)21/h4-9,13-14,19-20H,10-12H2,1-3H3,(H,25,28)(H,26,27). The summed E-state index contributed by atoms with van der Waals surface area (Å²) in [6.07, 6.45) is 1.26. The number of hydrogen-bond acceptors (Lipinski definition) is 3. The molecule has 0 fully saturated rings. The van der Waals surface area contributed by atoms with Crippen LogP contribution in [0.25, 0.3) is 0 Å². The lowest BCUT2D eigenvalue weighted by molar-refractivity contribution is -0.124. The highest BCUT2D eigenvalue weighted by molar-refractivity contribution is 9.10. The number of aryl methyl sites for hydroxylation is 1. The summed E-state index contributed by atoms with van der Waals surface area (Å²) in [6, 6.07) is 12.5. The van der Waals surface area contributed by atoms with E-state index in [0.29, 0.717) is 25.0 Å². The zero-order chi connectivity index (χ0) is 21.0. The van der Waals surface area contributed by atoms with Gasteiger partial charge in [-0.2, -0.15) is 0 Å². The van der Waals surface area contributed by atoms with Crippen LogP contribution in [0.15, 0.2) is 46.9 Å². The summed E-state index contributed by atoms with van der Waals surface area (Å²) < 4.78 is 6.65. The molecule has 1 aliphatic rings. The number of benzene rings is 2. The van der Waals surface area contributed by atoms with Gasteiger partial charge in [0.1, 0.15) is 11.8 Å². The van der Waals surface area contributed by atoms with Crippen LogP contribution in [-0.2, 0) is 4.79 Å². The molecule has 0 radical (unpaired) electrons. The molecule has 0 spiro atoms. The van der Waals surface area contributed by atoms with Crippen molar-refractivity contribution in [3.63, 3.8) is 0 Å². The quantitative estimate of drug-likeness (QED) is 0.667. The largest absolute Gasteiger partial charge is 0.493 e. The van der Waals surface area contributed by atoms with Crippen LogP contribution in [-0.4, -0.2) is 24.5 Å². The first-order chi connectivity index (χ1) is 13.8. The van der Waals surface area contributed by atoms with Gasteiger partial charge in [0.25, 0.3) is 5.91 Å². The molecule has 29 heavy (non-hydrogen) atoms. The van der Waals surface area contributed by atoms with E-state index >= 15 is 0 Å². The Bertz CT molecular complexity index is 897. The van der Waals surface area contributed by atoms with Crippen LogP contribution in [0.5, 0.6) is 5.75 Å². The number of nitrogens with one attached hydrogen (secondary N) is 2. The van der Waals surface area contributed by atoms with Crippen LogP contribution < -0.4 is 15.4 Å². The number of carbonyl (C=O) groups excluding carboxylic acids is 2. The summed E-state index contributed by atoms with van der Waals surface area (Å²) in [5.74, 6) is 0.658. The minimum Gasteiger partial charge on any atom is -0.493 e. The van der Waals surface area contributed by atoms with E-state index < -0.39 is 6.04 Å². The molecule has 2 unspecified atom stereocenters. The Hall–Kier alpha value is -2.34. The number of amides is 2. The van der Waals surface area contributed by atoms with Crippen molar-refractivity contribution in [2.75, 3.05) is 6.61 Å². The van der Waals surface area contributed by atoms with Gasteiger partial charge >= 0.3 is 0 Å². The van der Waals surface area contributed by atoms with E-state index in [1.54, 1.807) is 6.07 Å². The van der Waals surface area contributed by atoms with Crippen molar-refractivity contribution in [2.24, 2.45) is 5.92 Å². The SMILES string of the molecule is Cc1ccccc1C(=O)NC(CC(C)C)C(=O)NC1CCOc2ccc(Br)cc21. The highest BCUT2D eigenvalue weighted by atomic mass is 79.9. The van der Waals surface area contributed by atoms with Crippen molar-refractivity contribution in [3.8, 4) is 5.75 Å². The minimum atomic E-state index is -0.597. The lowest BCUT2D eigenvalue weighted by Gasteiger charge is -2.29. The molecule has 3 rings (SSSR count). The number of carbonyl (C=O) groups is 2. The normalized spacial score (nSPS) is 16.5. The fraction of sp³-hybridized carbons (Fsp3) is 0.391. The molecule has 2 atom stereocenters. The summed E-state index contributed by atoms with van der Waals surface area (Å²) in [5.41, 5.74) is 2.43. The summed E-state index contributed by atoms with van der Waals surface area (Å²) in [4.78, 5) is 25.9. The van der Waals surface area contributed by atoms with Crippen LogP contribution in [0.2, 0.25) is 0 Å². The molecule has 2 N–H and O–H groups in total. The third kappa shape index (κ3) is 5.38. The molecule has 5 nitrogen and oxygen atoms in total. The molecule has 0 aliphatic carbocycles. The fourth-order valence-electron chi connectivity index (χ4n) is 3.55. The summed E-state index contributed by atoms with van der Waals surface area (Å²) in [5, 5.41) is 6.06. The average molecular weight is 459 g/mol. The minimum absolute atomic E-state index is 0.145. The van der Waals surface area contributed by atoms with Crippen molar-refractivity contribution >= 4 is 27.7 Å². The zero-order valence-corrected chi connectivity index (χ0v) is 18.6. The highest BCUT2D eigenvalue weighted by Gasteiger charge is 2.28. The van der Waals surface area contributed by atoms with Gasteiger partial charge in [-0.25, -0.2) is 0 Å². The van der Waals surface area contributed by atoms with Gasteiger partial charge in [-0.05, 0) is 49.1 Å². The molecule has 0 aromatic heterocycles. The van der Waals surface area contributed by atoms with Crippen LogP contribution in [0.3, 0.4) is 0 Å². The Morgan fingerprint density at radius 2 is 1.97 bits per heavy atom. The maximum Gasteiger partial charge on any atom is 0.252 e. The maximum atomic E-state index is 13.1. The van der Waals surface area contributed by atoms with Gasteiger partial charge in [0.15, 0.2) is 0 Å². The lowest BCUT2D eigenvalue weighted by atomic mass is 9.98. The van der Waals surface area contributed by atoms with Crippen LogP contribution in [0, 0.1) is 12.8 Å². The molecule has 2 aromatic rings. The number of ether oxygens (including phenoxy) is 1. The van der Waals surface area contributed by atoms with E-state index in [1.807, 2.05) is 57.2 Å². The Morgan fingerprint density at radius 1 is 1.21 bits per heavy atom. The number of fused-ring (bicyclic) bond motifs is 1. The predicted molar refractivity (Wildman–Crippen MR) is 117 cm³/mol. The van der Waals surface area contributed by atoms with Crippen LogP contribution in [0.1, 0.15) is 54.2 Å². The average Bonchev–Trinajstić information content (AvgIpc) is 2.67. The van der Waals surface area contributed by atoms with Crippen LogP contribution >= 0.6 is 15.9 Å². The molecule has 1 heterocycles. The molecule has 0 saturated carbocycles. The van der Waals surface area contributed by atoms with Gasteiger partial charge in [-0.15, -0.1) is 0 Å². The molecule has 2 aromatic carbocycles. The fourth-order valence-corrected chi connectivity index (χ4v) is 3.93. The lowest BCUT2D eigenvalue weighted by Crippen LogP contribution is -2.48. The molecule has 1 aliphatic heterocycles. The second kappa shape index (κ2) is 9.44. The topological polar surface area (TPSA) is 67.4 Å². The van der Waals surface area contributed by atoms with Crippen molar-refractivity contribution in [3.05, 3.63) is 63.6 Å². The first kappa shape index (κ1) is 21.4. The van der Waals surface area contributed by atoms with Gasteiger partial charge in [0.05, 0.1) is 12.6 Å². The first-order valence-corrected chi connectivity index (χ1v) is 10.7. The van der Waals surface area contributed by atoms with E-state index in [1.165, 1.54) is 0 Å².